The maximum absolute atomic E-state index is 11.5. The molecular formula is C14H21N3O2. The maximum Gasteiger partial charge on any atom is 0.307 e. The molecule has 1 saturated heterocycles. The van der Waals surface area contributed by atoms with Crippen LogP contribution in [0.1, 0.15) is 37.1 Å². The Morgan fingerprint density at radius 2 is 2.26 bits per heavy atom. The lowest BCUT2D eigenvalue weighted by atomic mass is 9.99. The van der Waals surface area contributed by atoms with Gasteiger partial charge in [-0.05, 0) is 33.1 Å². The topological polar surface area (TPSA) is 55.3 Å². The second-order valence-corrected chi connectivity index (χ2v) is 5.04. The van der Waals surface area contributed by atoms with Gasteiger partial charge in [-0.25, -0.2) is 4.98 Å². The van der Waals surface area contributed by atoms with Gasteiger partial charge in [-0.1, -0.05) is 0 Å². The maximum atomic E-state index is 11.5. The van der Waals surface area contributed by atoms with Crippen molar-refractivity contribution in [3.8, 4) is 0 Å². The van der Waals surface area contributed by atoms with E-state index in [1.165, 1.54) is 7.11 Å². The molecule has 0 spiro atoms. The number of aryl methyl sites for hydroxylation is 2. The van der Waals surface area contributed by atoms with Crippen molar-refractivity contribution in [1.82, 2.24) is 9.97 Å². The highest BCUT2D eigenvalue weighted by Crippen LogP contribution is 2.27. The highest BCUT2D eigenvalue weighted by molar-refractivity contribution is 5.70. The summed E-state index contributed by atoms with van der Waals surface area (Å²) in [6.07, 6.45) is 5.48. The molecule has 1 aromatic rings. The predicted molar refractivity (Wildman–Crippen MR) is 73.1 cm³/mol. The van der Waals surface area contributed by atoms with E-state index in [0.717, 1.165) is 43.0 Å². The summed E-state index contributed by atoms with van der Waals surface area (Å²) in [6.45, 7) is 4.83. The van der Waals surface area contributed by atoms with E-state index in [1.807, 2.05) is 13.8 Å². The Hall–Kier alpha value is -1.65. The zero-order valence-electron chi connectivity index (χ0n) is 11.8. The van der Waals surface area contributed by atoms with Crippen molar-refractivity contribution in [3.05, 3.63) is 17.6 Å². The quantitative estimate of drug-likeness (QED) is 0.781. The smallest absolute Gasteiger partial charge is 0.307 e. The minimum atomic E-state index is -0.157. The summed E-state index contributed by atoms with van der Waals surface area (Å²) in [4.78, 5) is 22.7. The van der Waals surface area contributed by atoms with Gasteiger partial charge in [-0.3, -0.25) is 9.78 Å². The van der Waals surface area contributed by atoms with Crippen LogP contribution in [0.5, 0.6) is 0 Å². The first-order valence-electron chi connectivity index (χ1n) is 6.75. The van der Waals surface area contributed by atoms with E-state index >= 15 is 0 Å². The molecule has 5 heteroatoms. The Bertz CT molecular complexity index is 462. The Kier molecular flexibility index (Phi) is 4.35. The second-order valence-electron chi connectivity index (χ2n) is 5.04. The van der Waals surface area contributed by atoms with Gasteiger partial charge in [0.05, 0.1) is 24.9 Å². The number of hydrogen-bond donors (Lipinski definition) is 0. The van der Waals surface area contributed by atoms with Crippen LogP contribution in [0, 0.1) is 13.8 Å². The Morgan fingerprint density at radius 3 is 3.00 bits per heavy atom. The highest BCUT2D eigenvalue weighted by Gasteiger charge is 2.27. The molecule has 0 aliphatic carbocycles. The molecule has 0 N–H and O–H groups in total. The van der Waals surface area contributed by atoms with Crippen LogP contribution < -0.4 is 4.90 Å². The number of rotatable bonds is 3. The van der Waals surface area contributed by atoms with Crippen LogP contribution in [-0.4, -0.2) is 35.6 Å². The molecule has 0 amide bonds. The number of nitrogens with zero attached hydrogens (tertiary/aromatic N) is 3. The molecule has 2 rings (SSSR count). The Balaban J connectivity index is 2.23. The number of esters is 1. The van der Waals surface area contributed by atoms with E-state index in [4.69, 9.17) is 4.74 Å². The molecule has 0 aromatic carbocycles. The summed E-state index contributed by atoms with van der Waals surface area (Å²) >= 11 is 0. The monoisotopic (exact) mass is 263 g/mol. The Morgan fingerprint density at radius 1 is 1.47 bits per heavy atom. The molecule has 1 atom stereocenters. The number of carbonyl (C=O) groups is 1. The SMILES string of the molecule is COC(=O)CC1CCCCN1c1nc(C)cnc1C. The number of ether oxygens (including phenoxy) is 1. The second kappa shape index (κ2) is 5.99. The van der Waals surface area contributed by atoms with Crippen LogP contribution in [0.2, 0.25) is 0 Å². The molecule has 0 radical (unpaired) electrons. The molecule has 1 aliphatic heterocycles. The number of hydrogen-bond acceptors (Lipinski definition) is 5. The fourth-order valence-electron chi connectivity index (χ4n) is 2.56. The number of anilines is 1. The van der Waals surface area contributed by atoms with Crippen LogP contribution in [0.25, 0.3) is 0 Å². The number of piperidine rings is 1. The fourth-order valence-corrected chi connectivity index (χ4v) is 2.56. The largest absolute Gasteiger partial charge is 0.469 e. The lowest BCUT2D eigenvalue weighted by Crippen LogP contribution is -2.42. The first-order chi connectivity index (χ1) is 9.11. The molecular weight excluding hydrogens is 242 g/mol. The van der Waals surface area contributed by atoms with Crippen molar-refractivity contribution >= 4 is 11.8 Å². The fraction of sp³-hybridized carbons (Fsp3) is 0.643. The van der Waals surface area contributed by atoms with Gasteiger partial charge in [0, 0.05) is 18.8 Å². The first-order valence-corrected chi connectivity index (χ1v) is 6.75. The molecule has 0 saturated carbocycles. The normalized spacial score (nSPS) is 19.3. The summed E-state index contributed by atoms with van der Waals surface area (Å²) in [5, 5.41) is 0. The van der Waals surface area contributed by atoms with Gasteiger partial charge in [0.2, 0.25) is 0 Å². The third-order valence-electron chi connectivity index (χ3n) is 3.58. The van der Waals surface area contributed by atoms with Crippen molar-refractivity contribution in [3.63, 3.8) is 0 Å². The number of carbonyl (C=O) groups excluding carboxylic acids is 1. The number of methoxy groups -OCH3 is 1. The molecule has 1 aromatic heterocycles. The summed E-state index contributed by atoms with van der Waals surface area (Å²) < 4.78 is 4.79. The molecule has 19 heavy (non-hydrogen) atoms. The molecule has 1 unspecified atom stereocenters. The van der Waals surface area contributed by atoms with Gasteiger partial charge in [0.1, 0.15) is 0 Å². The van der Waals surface area contributed by atoms with Gasteiger partial charge in [-0.2, -0.15) is 0 Å². The van der Waals surface area contributed by atoms with Crippen molar-refractivity contribution in [1.29, 1.82) is 0 Å². The van der Waals surface area contributed by atoms with Gasteiger partial charge in [0.25, 0.3) is 0 Å². The average Bonchev–Trinajstić information content (AvgIpc) is 2.42. The summed E-state index contributed by atoms with van der Waals surface area (Å²) in [5.74, 6) is 0.753. The minimum Gasteiger partial charge on any atom is -0.469 e. The lowest BCUT2D eigenvalue weighted by Gasteiger charge is -2.36. The third-order valence-corrected chi connectivity index (χ3v) is 3.58. The molecule has 5 nitrogen and oxygen atoms in total. The van der Waals surface area contributed by atoms with E-state index in [1.54, 1.807) is 6.20 Å². The van der Waals surface area contributed by atoms with Crippen LogP contribution in [0.4, 0.5) is 5.82 Å². The van der Waals surface area contributed by atoms with Crippen LogP contribution in [0.3, 0.4) is 0 Å². The van der Waals surface area contributed by atoms with E-state index in [0.29, 0.717) is 6.42 Å². The van der Waals surface area contributed by atoms with Gasteiger partial charge in [0.15, 0.2) is 5.82 Å². The van der Waals surface area contributed by atoms with E-state index in [2.05, 4.69) is 14.9 Å². The molecule has 2 heterocycles. The van der Waals surface area contributed by atoms with E-state index in [-0.39, 0.29) is 12.0 Å². The van der Waals surface area contributed by atoms with Crippen molar-refractivity contribution < 1.29 is 9.53 Å². The molecule has 1 fully saturated rings. The first kappa shape index (κ1) is 13.8. The van der Waals surface area contributed by atoms with Gasteiger partial charge < -0.3 is 9.64 Å². The highest BCUT2D eigenvalue weighted by atomic mass is 16.5. The van der Waals surface area contributed by atoms with Gasteiger partial charge in [-0.15, -0.1) is 0 Å². The molecule has 1 aliphatic rings. The summed E-state index contributed by atoms with van der Waals surface area (Å²) in [5.41, 5.74) is 1.82. The van der Waals surface area contributed by atoms with Crippen molar-refractivity contribution in [2.45, 2.75) is 45.6 Å². The number of aromatic nitrogens is 2. The van der Waals surface area contributed by atoms with Crippen molar-refractivity contribution in [2.75, 3.05) is 18.6 Å². The van der Waals surface area contributed by atoms with Gasteiger partial charge >= 0.3 is 5.97 Å². The minimum absolute atomic E-state index is 0.157. The standard InChI is InChI=1S/C14H21N3O2/c1-10-9-15-11(2)14(16-10)17-7-5-4-6-12(17)8-13(18)19-3/h9,12H,4-8H2,1-3H3. The van der Waals surface area contributed by atoms with E-state index in [9.17, 15) is 4.79 Å². The average molecular weight is 263 g/mol. The van der Waals surface area contributed by atoms with E-state index < -0.39 is 0 Å². The summed E-state index contributed by atoms with van der Waals surface area (Å²) in [7, 11) is 1.44. The van der Waals surface area contributed by atoms with Crippen LogP contribution >= 0.6 is 0 Å². The lowest BCUT2D eigenvalue weighted by molar-refractivity contribution is -0.141. The van der Waals surface area contributed by atoms with Crippen molar-refractivity contribution in [2.24, 2.45) is 0 Å². The summed E-state index contributed by atoms with van der Waals surface area (Å²) in [6, 6.07) is 0.177. The third kappa shape index (κ3) is 3.22. The molecule has 104 valence electrons. The van der Waals surface area contributed by atoms with Crippen LogP contribution in [-0.2, 0) is 9.53 Å². The zero-order chi connectivity index (χ0) is 13.8. The Labute approximate surface area is 114 Å². The zero-order valence-corrected chi connectivity index (χ0v) is 11.8. The molecule has 0 bridgehead atoms. The van der Waals surface area contributed by atoms with Crippen LogP contribution in [0.15, 0.2) is 6.20 Å². The predicted octanol–water partition coefficient (Wildman–Crippen LogP) is 2.02.